The van der Waals surface area contributed by atoms with Gasteiger partial charge in [0.2, 0.25) is 0 Å². The van der Waals surface area contributed by atoms with Gasteiger partial charge in [-0.05, 0) is 116 Å². The summed E-state index contributed by atoms with van der Waals surface area (Å²) in [4.78, 5) is 42.7. The van der Waals surface area contributed by atoms with Crippen molar-refractivity contribution >= 4 is 67.7 Å². The Morgan fingerprint density at radius 3 is 2.55 bits per heavy atom. The summed E-state index contributed by atoms with van der Waals surface area (Å²) in [7, 11) is 1.70. The van der Waals surface area contributed by atoms with Gasteiger partial charge in [-0.25, -0.2) is 19.0 Å². The number of ketones is 1. The topological polar surface area (TPSA) is 118 Å². The van der Waals surface area contributed by atoms with Gasteiger partial charge in [0, 0.05) is 23.5 Å². The Balaban J connectivity index is 0.823. The van der Waals surface area contributed by atoms with E-state index in [4.69, 9.17) is 30.5 Å². The number of carbonyl (C=O) groups is 3. The molecule has 13 heteroatoms. The van der Waals surface area contributed by atoms with Gasteiger partial charge in [-0.1, -0.05) is 93.1 Å². The minimum Gasteiger partial charge on any atom is -0.462 e. The van der Waals surface area contributed by atoms with Crippen molar-refractivity contribution in [3.05, 3.63) is 63.1 Å². The fourth-order valence-corrected chi connectivity index (χ4v) is 12.7. The van der Waals surface area contributed by atoms with Crippen molar-refractivity contribution in [3.8, 4) is 0 Å². The van der Waals surface area contributed by atoms with Crippen LogP contribution in [0.2, 0.25) is 5.02 Å². The van der Waals surface area contributed by atoms with Crippen LogP contribution in [0.3, 0.4) is 0 Å². The predicted molar refractivity (Wildman–Crippen MR) is 243 cm³/mol. The van der Waals surface area contributed by atoms with Crippen LogP contribution in [0.4, 0.5) is 15.8 Å². The van der Waals surface area contributed by atoms with Crippen LogP contribution in [0.1, 0.15) is 116 Å². The fraction of sp³-hybridized carbons (Fsp3) is 0.633. The highest BCUT2D eigenvalue weighted by Gasteiger charge is 2.59. The van der Waals surface area contributed by atoms with E-state index in [-0.39, 0.29) is 48.1 Å². The zero-order valence-electron chi connectivity index (χ0n) is 37.2. The van der Waals surface area contributed by atoms with Crippen LogP contribution in [0.5, 0.6) is 0 Å². The van der Waals surface area contributed by atoms with Crippen molar-refractivity contribution in [2.45, 2.75) is 111 Å². The molecule has 3 saturated carbocycles. The summed E-state index contributed by atoms with van der Waals surface area (Å²) < 4.78 is 40.1. The Morgan fingerprint density at radius 2 is 1.77 bits per heavy atom. The first-order chi connectivity index (χ1) is 29.6. The number of hydrogen-bond acceptors (Lipinski definition) is 9. The van der Waals surface area contributed by atoms with Crippen molar-refractivity contribution in [1.29, 1.82) is 0 Å². The first kappa shape index (κ1) is 46.7. The van der Waals surface area contributed by atoms with Crippen LogP contribution in [0, 0.1) is 52.2 Å². The number of aryl methyl sites for hydroxylation is 1. The molecule has 0 aliphatic heterocycles. The van der Waals surface area contributed by atoms with E-state index in [1.807, 2.05) is 0 Å². The summed E-state index contributed by atoms with van der Waals surface area (Å²) in [6.45, 7) is 10.9. The van der Waals surface area contributed by atoms with Crippen LogP contribution < -0.4 is 5.32 Å². The van der Waals surface area contributed by atoms with E-state index in [0.717, 1.165) is 59.7 Å². The first-order valence-electron chi connectivity index (χ1n) is 22.7. The highest BCUT2D eigenvalue weighted by Crippen LogP contribution is 2.67. The van der Waals surface area contributed by atoms with Gasteiger partial charge in [-0.2, -0.15) is 0 Å². The lowest BCUT2D eigenvalue weighted by atomic mass is 9.47. The van der Waals surface area contributed by atoms with Gasteiger partial charge in [0.05, 0.1) is 34.8 Å². The van der Waals surface area contributed by atoms with Crippen molar-refractivity contribution in [1.82, 2.24) is 9.55 Å². The SMILES string of the molecule is CC(C)CCC[C@@H](C)[C@H]1CC[C@H]2[C@@H]3CC=C4C[C@@H](OC(=O)COCC(=O)OCCOCC(=O)c5cc6c(ncn6C)c(F)c5Nc5ccc(Br)cc5Cl)CC[C@]4(C)[C@H]3CC[C@]12C. The van der Waals surface area contributed by atoms with E-state index in [1.54, 1.807) is 35.9 Å². The zero-order valence-corrected chi connectivity index (χ0v) is 39.5. The maximum atomic E-state index is 15.7. The number of halogens is 3. The molecule has 0 bridgehead atoms. The predicted octanol–water partition coefficient (Wildman–Crippen LogP) is 11.6. The molecule has 1 N–H and O–H groups in total. The number of ether oxygens (including phenoxy) is 4. The van der Waals surface area contributed by atoms with Crippen molar-refractivity contribution < 1.29 is 37.7 Å². The fourth-order valence-electron chi connectivity index (χ4n) is 12.0. The summed E-state index contributed by atoms with van der Waals surface area (Å²) in [6, 6.07) is 6.61. The second kappa shape index (κ2) is 19.8. The molecular formula is C49H64BrClFN3O7. The summed E-state index contributed by atoms with van der Waals surface area (Å²) >= 11 is 9.73. The van der Waals surface area contributed by atoms with Crippen LogP contribution in [0.25, 0.3) is 11.0 Å². The summed E-state index contributed by atoms with van der Waals surface area (Å²) in [6.07, 6.45) is 17.0. The largest absolute Gasteiger partial charge is 0.462 e. The Kier molecular flexibility index (Phi) is 14.9. The molecule has 0 spiro atoms. The molecule has 0 amide bonds. The first-order valence-corrected chi connectivity index (χ1v) is 23.8. The van der Waals surface area contributed by atoms with E-state index in [2.05, 4.69) is 66.9 Å². The van der Waals surface area contributed by atoms with Gasteiger partial charge in [0.1, 0.15) is 38.0 Å². The molecule has 4 aliphatic rings. The Labute approximate surface area is 379 Å². The zero-order chi connectivity index (χ0) is 44.3. The number of aromatic nitrogens is 2. The lowest BCUT2D eigenvalue weighted by Crippen LogP contribution is -2.51. The number of hydrogen-bond donors (Lipinski definition) is 1. The second-order valence-corrected chi connectivity index (χ2v) is 20.7. The van der Waals surface area contributed by atoms with E-state index in [1.165, 1.54) is 56.8 Å². The molecule has 0 saturated heterocycles. The number of imidazole rings is 1. The molecule has 7 rings (SSSR count). The molecule has 0 unspecified atom stereocenters. The molecule has 1 heterocycles. The molecule has 3 fully saturated rings. The summed E-state index contributed by atoms with van der Waals surface area (Å²) in [5.41, 5.74) is 2.97. The number of fused-ring (bicyclic) bond motifs is 6. The van der Waals surface area contributed by atoms with Gasteiger partial charge in [0.25, 0.3) is 0 Å². The molecule has 0 radical (unpaired) electrons. The van der Waals surface area contributed by atoms with E-state index >= 15 is 4.39 Å². The molecule has 338 valence electrons. The average Bonchev–Trinajstić information content (AvgIpc) is 3.78. The molecule has 1 aromatic heterocycles. The normalized spacial score (nSPS) is 27.3. The van der Waals surface area contributed by atoms with E-state index in [9.17, 15) is 14.4 Å². The number of allylic oxidation sites excluding steroid dienone is 1. The van der Waals surface area contributed by atoms with Crippen LogP contribution in [-0.2, 0) is 35.6 Å². The third-order valence-electron chi connectivity index (χ3n) is 15.2. The maximum Gasteiger partial charge on any atom is 0.332 e. The summed E-state index contributed by atoms with van der Waals surface area (Å²) in [5, 5.41) is 3.28. The number of benzene rings is 2. The van der Waals surface area contributed by atoms with E-state index in [0.29, 0.717) is 27.6 Å². The Hall–Kier alpha value is -3.32. The minimum absolute atomic E-state index is 0.0489. The third-order valence-corrected chi connectivity index (χ3v) is 16.0. The molecule has 4 aliphatic carbocycles. The number of anilines is 2. The molecule has 2 aromatic carbocycles. The number of carbonyl (C=O) groups excluding carboxylic acids is 3. The molecular weight excluding hydrogens is 877 g/mol. The van der Waals surface area contributed by atoms with Gasteiger partial charge in [-0.3, -0.25) is 4.79 Å². The maximum absolute atomic E-state index is 15.7. The Bertz CT molecular complexity index is 2160. The van der Waals surface area contributed by atoms with Crippen LogP contribution >= 0.6 is 27.5 Å². The van der Waals surface area contributed by atoms with Crippen molar-refractivity contribution in [2.24, 2.45) is 53.4 Å². The van der Waals surface area contributed by atoms with E-state index < -0.39 is 36.8 Å². The van der Waals surface area contributed by atoms with Crippen LogP contribution in [0.15, 0.2) is 46.7 Å². The monoisotopic (exact) mass is 939 g/mol. The minimum atomic E-state index is -0.703. The Morgan fingerprint density at radius 1 is 0.984 bits per heavy atom. The number of rotatable bonds is 18. The smallest absolute Gasteiger partial charge is 0.332 e. The molecule has 62 heavy (non-hydrogen) atoms. The molecule has 3 aromatic rings. The average molecular weight is 941 g/mol. The number of esters is 2. The van der Waals surface area contributed by atoms with Crippen LogP contribution in [-0.4, -0.2) is 66.4 Å². The quantitative estimate of drug-likeness (QED) is 0.0575. The molecule has 8 atom stereocenters. The van der Waals surface area contributed by atoms with Gasteiger partial charge in [0.15, 0.2) is 11.6 Å². The highest BCUT2D eigenvalue weighted by atomic mass is 79.9. The molecule has 10 nitrogen and oxygen atoms in total. The highest BCUT2D eigenvalue weighted by molar-refractivity contribution is 9.10. The van der Waals surface area contributed by atoms with Gasteiger partial charge >= 0.3 is 11.9 Å². The number of nitrogens with zero attached hydrogens (tertiary/aromatic N) is 2. The lowest BCUT2D eigenvalue weighted by Gasteiger charge is -2.58. The number of nitrogens with one attached hydrogen (secondary N) is 1. The van der Waals surface area contributed by atoms with Gasteiger partial charge in [-0.15, -0.1) is 0 Å². The van der Waals surface area contributed by atoms with Crippen molar-refractivity contribution in [2.75, 3.05) is 38.4 Å². The third kappa shape index (κ3) is 9.98. The van der Waals surface area contributed by atoms with Crippen molar-refractivity contribution in [3.63, 3.8) is 0 Å². The lowest BCUT2D eigenvalue weighted by molar-refractivity contribution is -0.160. The standard InChI is InChI=1S/C49H64BrClFN3O7/c1-29(2)8-7-9-30(3)36-13-14-37-34-12-10-31-22-33(16-18-48(31,4)38(34)17-19-49(36,37)5)62-44(58)27-60-26-43(57)61-21-20-59-25-42(56)35-24-41-47(53-28-55(41)6)45(52)46(35)54-40-15-11-32(50)23-39(40)51/h10-11,15,23-24,28-30,33-34,36-38,54H,7-9,12-14,16-22,25-27H2,1-6H3/t30-,33+,34+,36-,37+,38+,48+,49-/m1/s1. The van der Waals surface area contributed by atoms with Gasteiger partial charge < -0.3 is 28.8 Å². The summed E-state index contributed by atoms with van der Waals surface area (Å²) in [5.74, 6) is 2.29. The second-order valence-electron chi connectivity index (χ2n) is 19.4. The number of Topliss-reactive ketones (excluding diaryl/α,β-unsaturated/α-hetero) is 1.